The molecule has 0 radical (unpaired) electrons. The second-order valence-corrected chi connectivity index (χ2v) is 9.75. The van der Waals surface area contributed by atoms with Crippen LogP contribution in [-0.2, 0) is 19.5 Å². The summed E-state index contributed by atoms with van der Waals surface area (Å²) in [6.07, 6.45) is 2.38. The highest BCUT2D eigenvalue weighted by atomic mass is 32.2. The number of nitrogens with zero attached hydrogens (tertiary/aromatic N) is 1. The van der Waals surface area contributed by atoms with Gasteiger partial charge in [0.25, 0.3) is 0 Å². The van der Waals surface area contributed by atoms with Crippen molar-refractivity contribution in [3.8, 4) is 0 Å². The fourth-order valence-electron chi connectivity index (χ4n) is 4.47. The fourth-order valence-corrected chi connectivity index (χ4v) is 6.11. The zero-order valence-electron chi connectivity index (χ0n) is 15.4. The molecule has 2 aliphatic rings. The third-order valence-electron chi connectivity index (χ3n) is 5.77. The smallest absolute Gasteiger partial charge is 0.448 e. The molecule has 0 bridgehead atoms. The molecular formula is C18H26BNO4S. The van der Waals surface area contributed by atoms with E-state index in [0.29, 0.717) is 6.42 Å². The summed E-state index contributed by atoms with van der Waals surface area (Å²) in [7, 11) is -3.99. The molecule has 1 aliphatic heterocycles. The molecule has 2 fully saturated rings. The molecule has 0 aromatic heterocycles. The molecule has 1 aromatic rings. The van der Waals surface area contributed by atoms with Crippen molar-refractivity contribution >= 4 is 23.6 Å². The Labute approximate surface area is 151 Å². The van der Waals surface area contributed by atoms with Crippen molar-refractivity contribution < 1.29 is 17.9 Å². The number of hydrogen-bond acceptors (Lipinski definition) is 4. The van der Waals surface area contributed by atoms with E-state index in [2.05, 4.69) is 20.8 Å². The van der Waals surface area contributed by atoms with Gasteiger partial charge in [0.05, 0.1) is 4.90 Å². The lowest BCUT2D eigenvalue weighted by molar-refractivity contribution is -0.145. The Hall–Kier alpha value is -1.34. The molecule has 1 heterocycles. The maximum Gasteiger partial charge on any atom is 0.448 e. The van der Waals surface area contributed by atoms with E-state index in [9.17, 15) is 13.2 Å². The van der Waals surface area contributed by atoms with E-state index in [1.807, 2.05) is 6.92 Å². The summed E-state index contributed by atoms with van der Waals surface area (Å²) in [5.74, 6) is 0.0811. The number of carbonyl (C=O) groups excluding carboxylic acids is 1. The average molecular weight is 363 g/mol. The van der Waals surface area contributed by atoms with E-state index in [0.717, 1.165) is 18.4 Å². The van der Waals surface area contributed by atoms with Gasteiger partial charge in [-0.2, -0.15) is 4.22 Å². The van der Waals surface area contributed by atoms with E-state index < -0.39 is 15.6 Å². The van der Waals surface area contributed by atoms with Crippen LogP contribution in [0.15, 0.2) is 29.2 Å². The van der Waals surface area contributed by atoms with Crippen LogP contribution in [0.5, 0.6) is 0 Å². The summed E-state index contributed by atoms with van der Waals surface area (Å²) >= 11 is 0. The first kappa shape index (κ1) is 18.5. The number of carbonyl (C=O) groups is 1. The first-order chi connectivity index (χ1) is 11.7. The summed E-state index contributed by atoms with van der Waals surface area (Å²) in [6.45, 7) is 8.12. The zero-order valence-corrected chi connectivity index (χ0v) is 16.2. The van der Waals surface area contributed by atoms with Gasteiger partial charge in [-0.3, -0.25) is 4.79 Å². The number of benzene rings is 1. The molecule has 7 heteroatoms. The van der Waals surface area contributed by atoms with E-state index in [1.165, 1.54) is 4.22 Å². The van der Waals surface area contributed by atoms with Gasteiger partial charge >= 0.3 is 13.6 Å². The van der Waals surface area contributed by atoms with Crippen LogP contribution in [-0.4, -0.2) is 31.8 Å². The van der Waals surface area contributed by atoms with Gasteiger partial charge in [-0.1, -0.05) is 44.9 Å². The highest BCUT2D eigenvalue weighted by Gasteiger charge is 2.62. The van der Waals surface area contributed by atoms with E-state index in [4.69, 9.17) is 4.65 Å². The standard InChI is InChI=1S/C18H26BNO4S/c1-12(2)16-10-7-14(4)11-18(16)17(21)24-19-20(18)25(22,23)15-8-5-13(3)6-9-15/h5-6,8-9,12,14,16,19H,7,10-11H2,1-4H3/t14-,16-,18-/m1/s1. The largest absolute Gasteiger partial charge is 0.521 e. The minimum absolute atomic E-state index is 0.0288. The fraction of sp³-hybridized carbons (Fsp3) is 0.611. The first-order valence-corrected chi connectivity index (χ1v) is 10.4. The number of aryl methyl sites for hydroxylation is 1. The third kappa shape index (κ3) is 2.91. The highest BCUT2D eigenvalue weighted by molar-refractivity contribution is 7.90. The average Bonchev–Trinajstić information content (AvgIpc) is 2.85. The van der Waals surface area contributed by atoms with Gasteiger partial charge in [0.15, 0.2) is 0 Å². The Morgan fingerprint density at radius 3 is 2.48 bits per heavy atom. The Morgan fingerprint density at radius 2 is 1.88 bits per heavy atom. The van der Waals surface area contributed by atoms with Crippen molar-refractivity contribution in [3.63, 3.8) is 0 Å². The summed E-state index contributed by atoms with van der Waals surface area (Å²) in [4.78, 5) is 13.0. The highest BCUT2D eigenvalue weighted by Crippen LogP contribution is 2.49. The Balaban J connectivity index is 2.10. The van der Waals surface area contributed by atoms with Gasteiger partial charge in [0.2, 0.25) is 10.0 Å². The second-order valence-electron chi connectivity index (χ2n) is 7.89. The van der Waals surface area contributed by atoms with E-state index in [1.54, 1.807) is 24.3 Å². The zero-order chi connectivity index (χ0) is 18.4. The first-order valence-electron chi connectivity index (χ1n) is 8.96. The molecule has 25 heavy (non-hydrogen) atoms. The van der Waals surface area contributed by atoms with Crippen LogP contribution in [0.2, 0.25) is 0 Å². The molecule has 3 atom stereocenters. The summed E-state index contributed by atoms with van der Waals surface area (Å²) in [6, 6.07) is 6.78. The molecular weight excluding hydrogens is 337 g/mol. The van der Waals surface area contributed by atoms with Crippen molar-refractivity contribution in [1.82, 2.24) is 4.22 Å². The Morgan fingerprint density at radius 1 is 1.24 bits per heavy atom. The van der Waals surface area contributed by atoms with Gasteiger partial charge in [-0.15, -0.1) is 0 Å². The molecule has 1 spiro atoms. The molecule has 0 amide bonds. The minimum Gasteiger partial charge on any atom is -0.521 e. The normalized spacial score (nSPS) is 30.5. The molecule has 0 unspecified atom stereocenters. The van der Waals surface area contributed by atoms with E-state index >= 15 is 0 Å². The van der Waals surface area contributed by atoms with Gasteiger partial charge in [0, 0.05) is 0 Å². The summed E-state index contributed by atoms with van der Waals surface area (Å²) < 4.78 is 33.3. The lowest BCUT2D eigenvalue weighted by Crippen LogP contribution is -2.60. The monoisotopic (exact) mass is 363 g/mol. The van der Waals surface area contributed by atoms with Crippen LogP contribution >= 0.6 is 0 Å². The quantitative estimate of drug-likeness (QED) is 0.775. The summed E-state index contributed by atoms with van der Waals surface area (Å²) in [5, 5.41) is 0. The second kappa shape index (κ2) is 6.43. The predicted octanol–water partition coefficient (Wildman–Crippen LogP) is 2.64. The van der Waals surface area contributed by atoms with Gasteiger partial charge < -0.3 is 4.65 Å². The van der Waals surface area contributed by atoms with Gasteiger partial charge in [-0.25, -0.2) is 8.42 Å². The van der Waals surface area contributed by atoms with Crippen LogP contribution in [0, 0.1) is 24.7 Å². The third-order valence-corrected chi connectivity index (χ3v) is 7.65. The number of hydrogen-bond donors (Lipinski definition) is 0. The van der Waals surface area contributed by atoms with Gasteiger partial charge in [0.1, 0.15) is 5.54 Å². The van der Waals surface area contributed by atoms with Crippen LogP contribution in [0.4, 0.5) is 0 Å². The number of rotatable bonds is 3. The minimum atomic E-state index is -3.80. The molecule has 136 valence electrons. The molecule has 5 nitrogen and oxygen atoms in total. The van der Waals surface area contributed by atoms with Crippen molar-refractivity contribution in [2.75, 3.05) is 0 Å². The van der Waals surface area contributed by atoms with Crippen molar-refractivity contribution in [1.29, 1.82) is 0 Å². The predicted molar refractivity (Wildman–Crippen MR) is 97.5 cm³/mol. The Bertz CT molecular complexity index is 762. The van der Waals surface area contributed by atoms with Crippen molar-refractivity contribution in [2.24, 2.45) is 17.8 Å². The van der Waals surface area contributed by atoms with Crippen molar-refractivity contribution in [3.05, 3.63) is 29.8 Å². The van der Waals surface area contributed by atoms with Crippen molar-refractivity contribution in [2.45, 2.75) is 57.4 Å². The molecule has 3 rings (SSSR count). The molecule has 1 saturated carbocycles. The topological polar surface area (TPSA) is 63.7 Å². The lowest BCUT2D eigenvalue weighted by Gasteiger charge is -2.47. The molecule has 1 aromatic carbocycles. The summed E-state index contributed by atoms with van der Waals surface area (Å²) in [5.41, 5.74) is -0.0796. The van der Waals surface area contributed by atoms with Crippen LogP contribution in [0.3, 0.4) is 0 Å². The van der Waals surface area contributed by atoms with Crippen LogP contribution in [0.25, 0.3) is 0 Å². The van der Waals surface area contributed by atoms with Crippen LogP contribution < -0.4 is 0 Å². The SMILES string of the molecule is Cc1ccc(S(=O)(=O)N2BOC(=O)[C@]23C[C@H](C)CC[C@@H]3C(C)C)cc1. The maximum atomic E-state index is 13.3. The number of sulfonamides is 1. The molecule has 1 aliphatic carbocycles. The Kier molecular flexibility index (Phi) is 4.75. The maximum absolute atomic E-state index is 13.3. The lowest BCUT2D eigenvalue weighted by atomic mass is 9.64. The van der Waals surface area contributed by atoms with Gasteiger partial charge in [-0.05, 0) is 49.7 Å². The molecule has 1 saturated heterocycles. The van der Waals surface area contributed by atoms with Crippen LogP contribution in [0.1, 0.15) is 45.6 Å². The molecule has 0 N–H and O–H groups in total. The van der Waals surface area contributed by atoms with E-state index in [-0.39, 0.29) is 36.2 Å².